The predicted molar refractivity (Wildman–Crippen MR) is 112 cm³/mol. The third-order valence-corrected chi connectivity index (χ3v) is 6.44. The minimum Gasteiger partial charge on any atom is -0.496 e. The monoisotopic (exact) mass is 470 g/mol. The van der Waals surface area contributed by atoms with Gasteiger partial charge in [0.15, 0.2) is 6.54 Å². The zero-order valence-corrected chi connectivity index (χ0v) is 18.7. The summed E-state index contributed by atoms with van der Waals surface area (Å²) in [5.74, 6) is 0.621. The lowest BCUT2D eigenvalue weighted by Crippen LogP contribution is -3.08. The number of quaternary nitrogens is 1. The van der Waals surface area contributed by atoms with Crippen LogP contribution in [-0.2, 0) is 21.4 Å². The fourth-order valence-corrected chi connectivity index (χ4v) is 3.98. The van der Waals surface area contributed by atoms with Gasteiger partial charge in [-0.3, -0.25) is 4.79 Å². The lowest BCUT2D eigenvalue weighted by atomic mass is 10.2. The predicted octanol–water partition coefficient (Wildman–Crippen LogP) is 1.36. The Balaban J connectivity index is 1.98. The third kappa shape index (κ3) is 5.78. The van der Waals surface area contributed by atoms with Gasteiger partial charge in [-0.15, -0.1) is 0 Å². The molecule has 0 spiro atoms. The van der Waals surface area contributed by atoms with Crippen molar-refractivity contribution in [2.24, 2.45) is 0 Å². The molecular weight excluding hydrogens is 446 g/mol. The second-order valence-corrected chi connectivity index (χ2v) is 9.69. The van der Waals surface area contributed by atoms with Gasteiger partial charge < -0.3 is 15.0 Å². The summed E-state index contributed by atoms with van der Waals surface area (Å²) in [6, 6.07) is 11.9. The van der Waals surface area contributed by atoms with E-state index in [0.717, 1.165) is 25.0 Å². The molecule has 0 saturated carbocycles. The Labute approximate surface area is 174 Å². The first-order valence-electron chi connectivity index (χ1n) is 8.59. The summed E-state index contributed by atoms with van der Waals surface area (Å²) >= 11 is 3.45. The number of carbonyl (C=O) groups is 1. The quantitative estimate of drug-likeness (QED) is 0.610. The number of rotatable bonds is 8. The van der Waals surface area contributed by atoms with Crippen molar-refractivity contribution in [1.82, 2.24) is 4.31 Å². The molecule has 2 rings (SSSR count). The Morgan fingerprint density at radius 3 is 2.39 bits per heavy atom. The maximum atomic E-state index is 12.3. The first-order chi connectivity index (χ1) is 13.1. The summed E-state index contributed by atoms with van der Waals surface area (Å²) in [5.41, 5.74) is 1.55. The number of hydrogen-bond donors (Lipinski definition) is 2. The minimum absolute atomic E-state index is 0.158. The number of nitrogens with one attached hydrogen (secondary N) is 2. The number of carbonyl (C=O) groups excluding carboxylic acids is 1. The van der Waals surface area contributed by atoms with Crippen LogP contribution in [0.1, 0.15) is 5.56 Å². The van der Waals surface area contributed by atoms with Crippen LogP contribution in [0.25, 0.3) is 0 Å². The number of methoxy groups -OCH3 is 1. The van der Waals surface area contributed by atoms with E-state index in [-0.39, 0.29) is 17.3 Å². The molecule has 1 atom stereocenters. The summed E-state index contributed by atoms with van der Waals surface area (Å²) in [4.78, 5) is 13.5. The fraction of sp³-hybridized carbons (Fsp3) is 0.316. The van der Waals surface area contributed by atoms with E-state index < -0.39 is 10.0 Å². The Kier molecular flexibility index (Phi) is 7.59. The SMILES string of the molecule is COc1ccc(Br)cc1C[NH+](C)CC(=O)Nc1ccc(S(=O)(=O)N(C)C)cc1. The number of likely N-dealkylation sites (N-methyl/N-ethyl adjacent to an activating group) is 1. The number of sulfonamides is 1. The number of amides is 1. The highest BCUT2D eigenvalue weighted by atomic mass is 79.9. The van der Waals surface area contributed by atoms with E-state index in [1.165, 1.54) is 26.2 Å². The van der Waals surface area contributed by atoms with Crippen molar-refractivity contribution in [3.63, 3.8) is 0 Å². The van der Waals surface area contributed by atoms with Gasteiger partial charge in [0, 0.05) is 29.8 Å². The third-order valence-electron chi connectivity index (χ3n) is 4.11. The summed E-state index contributed by atoms with van der Waals surface area (Å²) in [6.07, 6.45) is 0. The van der Waals surface area contributed by atoms with Crippen LogP contribution in [0, 0.1) is 0 Å². The molecule has 9 heteroatoms. The highest BCUT2D eigenvalue weighted by Crippen LogP contribution is 2.22. The smallest absolute Gasteiger partial charge is 0.279 e. The number of anilines is 1. The van der Waals surface area contributed by atoms with Crippen molar-refractivity contribution in [1.29, 1.82) is 0 Å². The number of ether oxygens (including phenoxy) is 1. The van der Waals surface area contributed by atoms with Crippen LogP contribution in [0.4, 0.5) is 5.69 Å². The molecule has 0 heterocycles. The second-order valence-electron chi connectivity index (χ2n) is 6.63. The first-order valence-corrected chi connectivity index (χ1v) is 10.8. The van der Waals surface area contributed by atoms with Crippen LogP contribution in [0.2, 0.25) is 0 Å². The van der Waals surface area contributed by atoms with Gasteiger partial charge in [-0.05, 0) is 42.5 Å². The van der Waals surface area contributed by atoms with E-state index in [1.807, 2.05) is 25.2 Å². The molecule has 2 aromatic rings. The Hall–Kier alpha value is -1.94. The fourth-order valence-electron chi connectivity index (χ4n) is 2.67. The van der Waals surface area contributed by atoms with E-state index in [0.29, 0.717) is 12.2 Å². The molecule has 0 aliphatic rings. The summed E-state index contributed by atoms with van der Waals surface area (Å²) < 4.78 is 31.6. The molecule has 152 valence electrons. The first kappa shape index (κ1) is 22.4. The van der Waals surface area contributed by atoms with Crippen molar-refractivity contribution in [2.45, 2.75) is 11.4 Å². The maximum Gasteiger partial charge on any atom is 0.279 e. The van der Waals surface area contributed by atoms with Crippen molar-refractivity contribution in [3.8, 4) is 5.75 Å². The van der Waals surface area contributed by atoms with Gasteiger partial charge in [0.2, 0.25) is 10.0 Å². The highest BCUT2D eigenvalue weighted by Gasteiger charge is 2.17. The van der Waals surface area contributed by atoms with E-state index in [4.69, 9.17) is 4.74 Å². The van der Waals surface area contributed by atoms with Gasteiger partial charge in [0.05, 0.1) is 19.1 Å². The molecule has 1 unspecified atom stereocenters. The van der Waals surface area contributed by atoms with Crippen LogP contribution >= 0.6 is 15.9 Å². The highest BCUT2D eigenvalue weighted by molar-refractivity contribution is 9.10. The molecule has 7 nitrogen and oxygen atoms in total. The molecule has 2 aromatic carbocycles. The average molecular weight is 471 g/mol. The average Bonchev–Trinajstić information content (AvgIpc) is 2.62. The minimum atomic E-state index is -3.49. The number of hydrogen-bond acceptors (Lipinski definition) is 4. The normalized spacial score (nSPS) is 12.6. The number of nitrogens with zero attached hydrogens (tertiary/aromatic N) is 1. The van der Waals surface area contributed by atoms with Crippen molar-refractivity contribution in [3.05, 3.63) is 52.5 Å². The standard InChI is InChI=1S/C19H24BrN3O4S/c1-22(2)28(25,26)17-8-6-16(7-9-17)21-19(24)13-23(3)12-14-11-15(20)5-10-18(14)27-4/h5-11H,12-13H2,1-4H3,(H,21,24)/p+1. The summed E-state index contributed by atoms with van der Waals surface area (Å²) in [5, 5.41) is 2.80. The van der Waals surface area contributed by atoms with Crippen LogP contribution in [0.5, 0.6) is 5.75 Å². The lowest BCUT2D eigenvalue weighted by molar-refractivity contribution is -0.885. The Morgan fingerprint density at radius 2 is 1.82 bits per heavy atom. The molecule has 0 aliphatic heterocycles. The van der Waals surface area contributed by atoms with Crippen molar-refractivity contribution in [2.75, 3.05) is 40.1 Å². The Bertz CT molecular complexity index is 931. The van der Waals surface area contributed by atoms with E-state index in [1.54, 1.807) is 19.2 Å². The van der Waals surface area contributed by atoms with Crippen LogP contribution in [0.15, 0.2) is 51.8 Å². The Morgan fingerprint density at radius 1 is 1.18 bits per heavy atom. The van der Waals surface area contributed by atoms with Gasteiger partial charge in [-0.25, -0.2) is 12.7 Å². The van der Waals surface area contributed by atoms with E-state index >= 15 is 0 Å². The van der Waals surface area contributed by atoms with Crippen LogP contribution < -0.4 is 15.0 Å². The second kappa shape index (κ2) is 9.51. The zero-order valence-electron chi connectivity index (χ0n) is 16.3. The molecule has 0 aromatic heterocycles. The molecule has 0 radical (unpaired) electrons. The topological polar surface area (TPSA) is 80.1 Å². The largest absolute Gasteiger partial charge is 0.496 e. The van der Waals surface area contributed by atoms with E-state index in [2.05, 4.69) is 21.2 Å². The zero-order chi connectivity index (χ0) is 20.9. The molecule has 0 aliphatic carbocycles. The van der Waals surface area contributed by atoms with Gasteiger partial charge in [0.25, 0.3) is 5.91 Å². The number of halogens is 1. The molecule has 0 fully saturated rings. The van der Waals surface area contributed by atoms with Crippen LogP contribution in [0.3, 0.4) is 0 Å². The molecule has 0 bridgehead atoms. The molecule has 2 N–H and O–H groups in total. The van der Waals surface area contributed by atoms with Crippen LogP contribution in [-0.4, -0.2) is 53.4 Å². The maximum absolute atomic E-state index is 12.3. The van der Waals surface area contributed by atoms with Gasteiger partial charge >= 0.3 is 0 Å². The van der Waals surface area contributed by atoms with Gasteiger partial charge in [-0.2, -0.15) is 0 Å². The van der Waals surface area contributed by atoms with Crippen molar-refractivity contribution >= 4 is 37.5 Å². The number of benzene rings is 2. The molecule has 0 saturated heterocycles. The van der Waals surface area contributed by atoms with E-state index in [9.17, 15) is 13.2 Å². The summed E-state index contributed by atoms with van der Waals surface area (Å²) in [6.45, 7) is 0.878. The lowest BCUT2D eigenvalue weighted by Gasteiger charge is -2.16. The van der Waals surface area contributed by atoms with Gasteiger partial charge in [-0.1, -0.05) is 15.9 Å². The van der Waals surface area contributed by atoms with Gasteiger partial charge in [0.1, 0.15) is 12.3 Å². The molecule has 1 amide bonds. The molecule has 28 heavy (non-hydrogen) atoms. The molecular formula is C19H25BrN3O4S+. The van der Waals surface area contributed by atoms with Crippen molar-refractivity contribution < 1.29 is 22.8 Å². The summed E-state index contributed by atoms with van der Waals surface area (Å²) in [7, 11) is 3.01.